The molecule has 5 nitrogen and oxygen atoms in total. The number of nitro groups is 1. The predicted molar refractivity (Wildman–Crippen MR) is 44.1 cm³/mol. The fourth-order valence-corrected chi connectivity index (χ4v) is 0.994. The zero-order valence-electron chi connectivity index (χ0n) is 6.60. The standard InChI is InChI=1S/C8H6N2O3/c9-5-4-6-7(10(12)13)2-1-3-8(6)11/h1-3,11H,4H2. The average molecular weight is 178 g/mol. The minimum atomic E-state index is -0.619. The smallest absolute Gasteiger partial charge is 0.277 e. The van der Waals surface area contributed by atoms with E-state index in [1.165, 1.54) is 18.2 Å². The quantitative estimate of drug-likeness (QED) is 0.547. The molecule has 1 N–H and O–H groups in total. The third-order valence-corrected chi connectivity index (χ3v) is 1.58. The van der Waals surface area contributed by atoms with Gasteiger partial charge in [0.1, 0.15) is 5.75 Å². The van der Waals surface area contributed by atoms with Crippen molar-refractivity contribution < 1.29 is 10.0 Å². The predicted octanol–water partition coefficient (Wildman–Crippen LogP) is 1.37. The minimum Gasteiger partial charge on any atom is -0.507 e. The Morgan fingerprint density at radius 3 is 2.85 bits per heavy atom. The molecule has 1 rings (SSSR count). The summed E-state index contributed by atoms with van der Waals surface area (Å²) in [5.41, 5.74) is -0.156. The summed E-state index contributed by atoms with van der Waals surface area (Å²) in [4.78, 5) is 9.82. The van der Waals surface area contributed by atoms with Crippen molar-refractivity contribution in [2.75, 3.05) is 0 Å². The first kappa shape index (κ1) is 9.00. The Morgan fingerprint density at radius 1 is 1.62 bits per heavy atom. The second kappa shape index (κ2) is 3.54. The van der Waals surface area contributed by atoms with E-state index in [9.17, 15) is 15.2 Å². The summed E-state index contributed by atoms with van der Waals surface area (Å²) in [6.07, 6.45) is -0.164. The van der Waals surface area contributed by atoms with Gasteiger partial charge in [-0.1, -0.05) is 6.07 Å². The van der Waals surface area contributed by atoms with Crippen LogP contribution in [0, 0.1) is 21.4 Å². The summed E-state index contributed by atoms with van der Waals surface area (Å²) in [5.74, 6) is -0.212. The number of phenolic OH excluding ortho intramolecular Hbond substituents is 1. The molecule has 0 spiro atoms. The van der Waals surface area contributed by atoms with Gasteiger partial charge in [-0.2, -0.15) is 5.26 Å². The second-order valence-corrected chi connectivity index (χ2v) is 2.37. The van der Waals surface area contributed by atoms with Crippen molar-refractivity contribution in [3.05, 3.63) is 33.9 Å². The van der Waals surface area contributed by atoms with Crippen LogP contribution in [0.5, 0.6) is 5.75 Å². The molecule has 1 aromatic carbocycles. The van der Waals surface area contributed by atoms with Gasteiger partial charge in [0.2, 0.25) is 0 Å². The molecule has 0 amide bonds. The van der Waals surface area contributed by atoms with Gasteiger partial charge in [-0.15, -0.1) is 0 Å². The molecule has 0 bridgehead atoms. The summed E-state index contributed by atoms with van der Waals surface area (Å²) in [5, 5.41) is 28.0. The Labute approximate surface area is 74.0 Å². The molecular weight excluding hydrogens is 172 g/mol. The molecule has 0 aliphatic carbocycles. The molecule has 13 heavy (non-hydrogen) atoms. The third kappa shape index (κ3) is 1.73. The minimum absolute atomic E-state index is 0.0648. The van der Waals surface area contributed by atoms with E-state index in [-0.39, 0.29) is 23.4 Å². The van der Waals surface area contributed by atoms with Gasteiger partial charge < -0.3 is 5.11 Å². The number of rotatable bonds is 2. The monoisotopic (exact) mass is 178 g/mol. The molecule has 0 aromatic heterocycles. The first-order chi connectivity index (χ1) is 6.16. The zero-order valence-corrected chi connectivity index (χ0v) is 6.60. The molecule has 0 saturated carbocycles. The van der Waals surface area contributed by atoms with Crippen LogP contribution in [0.15, 0.2) is 18.2 Å². The van der Waals surface area contributed by atoms with E-state index in [2.05, 4.69) is 0 Å². The highest BCUT2D eigenvalue weighted by atomic mass is 16.6. The highest BCUT2D eigenvalue weighted by Crippen LogP contribution is 2.27. The van der Waals surface area contributed by atoms with Crippen LogP contribution < -0.4 is 0 Å². The molecule has 5 heteroatoms. The molecule has 66 valence electrons. The maximum absolute atomic E-state index is 10.4. The molecule has 0 radical (unpaired) electrons. The van der Waals surface area contributed by atoms with Crippen LogP contribution in [0.2, 0.25) is 0 Å². The fourth-order valence-electron chi connectivity index (χ4n) is 0.994. The lowest BCUT2D eigenvalue weighted by Gasteiger charge is -1.99. The number of hydrogen-bond acceptors (Lipinski definition) is 4. The second-order valence-electron chi connectivity index (χ2n) is 2.37. The van der Waals surface area contributed by atoms with Gasteiger partial charge >= 0.3 is 0 Å². The van der Waals surface area contributed by atoms with Crippen LogP contribution in [-0.2, 0) is 6.42 Å². The Morgan fingerprint density at radius 2 is 2.31 bits per heavy atom. The number of hydrogen-bond donors (Lipinski definition) is 1. The van der Waals surface area contributed by atoms with E-state index in [1.54, 1.807) is 6.07 Å². The first-order valence-electron chi connectivity index (χ1n) is 3.49. The van der Waals surface area contributed by atoms with Crippen LogP contribution in [0.4, 0.5) is 5.69 Å². The number of nitro benzene ring substituents is 1. The van der Waals surface area contributed by atoms with Crippen LogP contribution in [-0.4, -0.2) is 10.0 Å². The number of nitrogens with zero attached hydrogens (tertiary/aromatic N) is 2. The summed E-state index contributed by atoms with van der Waals surface area (Å²) in [6, 6.07) is 5.70. The van der Waals surface area contributed by atoms with Gasteiger partial charge in [0, 0.05) is 6.07 Å². The highest BCUT2D eigenvalue weighted by molar-refractivity contribution is 5.49. The van der Waals surface area contributed by atoms with Gasteiger partial charge in [0.15, 0.2) is 0 Å². The highest BCUT2D eigenvalue weighted by Gasteiger charge is 2.16. The van der Waals surface area contributed by atoms with E-state index >= 15 is 0 Å². The number of benzene rings is 1. The van der Waals surface area contributed by atoms with Crippen LogP contribution in [0.25, 0.3) is 0 Å². The van der Waals surface area contributed by atoms with Crippen LogP contribution >= 0.6 is 0 Å². The lowest BCUT2D eigenvalue weighted by molar-refractivity contribution is -0.385. The SMILES string of the molecule is N#CCc1c(O)cccc1[N+](=O)[O-]. The largest absolute Gasteiger partial charge is 0.507 e. The summed E-state index contributed by atoms with van der Waals surface area (Å²) in [7, 11) is 0. The van der Waals surface area contributed by atoms with E-state index < -0.39 is 4.92 Å². The Kier molecular flexibility index (Phi) is 2.45. The molecule has 0 heterocycles. The van der Waals surface area contributed by atoms with E-state index in [0.29, 0.717) is 0 Å². The van der Waals surface area contributed by atoms with Gasteiger partial charge in [-0.3, -0.25) is 10.1 Å². The molecule has 0 unspecified atom stereocenters. The zero-order chi connectivity index (χ0) is 9.84. The lowest BCUT2D eigenvalue weighted by atomic mass is 10.1. The van der Waals surface area contributed by atoms with E-state index in [4.69, 9.17) is 5.26 Å². The fraction of sp³-hybridized carbons (Fsp3) is 0.125. The van der Waals surface area contributed by atoms with E-state index in [0.717, 1.165) is 0 Å². The van der Waals surface area contributed by atoms with Crippen molar-refractivity contribution >= 4 is 5.69 Å². The van der Waals surface area contributed by atoms with Crippen molar-refractivity contribution in [1.29, 1.82) is 5.26 Å². The summed E-state index contributed by atoms with van der Waals surface area (Å²) >= 11 is 0. The lowest BCUT2D eigenvalue weighted by Crippen LogP contribution is -1.94. The van der Waals surface area contributed by atoms with Crippen molar-refractivity contribution in [2.24, 2.45) is 0 Å². The van der Waals surface area contributed by atoms with Crippen LogP contribution in [0.1, 0.15) is 5.56 Å². The number of aromatic hydroxyl groups is 1. The molecule has 0 aliphatic heterocycles. The van der Waals surface area contributed by atoms with Gasteiger partial charge in [-0.25, -0.2) is 0 Å². The normalized spacial score (nSPS) is 9.15. The van der Waals surface area contributed by atoms with Gasteiger partial charge in [0.05, 0.1) is 23.0 Å². The first-order valence-corrected chi connectivity index (χ1v) is 3.49. The average Bonchev–Trinajstić information content (AvgIpc) is 2.08. The maximum atomic E-state index is 10.4. The van der Waals surface area contributed by atoms with Crippen molar-refractivity contribution in [2.45, 2.75) is 6.42 Å². The van der Waals surface area contributed by atoms with Crippen molar-refractivity contribution in [1.82, 2.24) is 0 Å². The van der Waals surface area contributed by atoms with Crippen molar-refractivity contribution in [3.8, 4) is 11.8 Å². The molecule has 0 fully saturated rings. The topological polar surface area (TPSA) is 87.2 Å². The summed E-state index contributed by atoms with van der Waals surface area (Å²) in [6.45, 7) is 0. The maximum Gasteiger partial charge on any atom is 0.277 e. The Balaban J connectivity index is 3.27. The van der Waals surface area contributed by atoms with Crippen LogP contribution in [0.3, 0.4) is 0 Å². The summed E-state index contributed by atoms with van der Waals surface area (Å²) < 4.78 is 0. The number of phenols is 1. The van der Waals surface area contributed by atoms with Gasteiger partial charge in [-0.05, 0) is 6.07 Å². The Bertz CT molecular complexity index is 381. The number of nitriles is 1. The van der Waals surface area contributed by atoms with Gasteiger partial charge in [0.25, 0.3) is 5.69 Å². The Hall–Kier alpha value is -2.09. The molecule has 0 aliphatic rings. The molecular formula is C8H6N2O3. The van der Waals surface area contributed by atoms with Crippen molar-refractivity contribution in [3.63, 3.8) is 0 Å². The van der Waals surface area contributed by atoms with E-state index in [1.807, 2.05) is 0 Å². The molecule has 0 atom stereocenters. The molecule has 1 aromatic rings. The third-order valence-electron chi connectivity index (χ3n) is 1.58. The molecule has 0 saturated heterocycles.